The maximum Gasteiger partial charge on any atom is 0.266 e. The van der Waals surface area contributed by atoms with E-state index in [1.807, 2.05) is 0 Å². The Kier molecular flexibility index (Phi) is 7.69. The predicted molar refractivity (Wildman–Crippen MR) is 132 cm³/mol. The van der Waals surface area contributed by atoms with Crippen molar-refractivity contribution in [3.63, 3.8) is 0 Å². The van der Waals surface area contributed by atoms with Gasteiger partial charge in [0.05, 0.1) is 24.1 Å². The first-order valence-electron chi connectivity index (χ1n) is 13.5. The minimum Gasteiger partial charge on any atom is -0.393 e. The van der Waals surface area contributed by atoms with E-state index in [4.69, 9.17) is 4.55 Å². The van der Waals surface area contributed by atoms with Gasteiger partial charge in [0, 0.05) is 13.0 Å². The summed E-state index contributed by atoms with van der Waals surface area (Å²) in [7, 11) is -4.10. The second kappa shape index (κ2) is 9.86. The Balaban J connectivity index is 1.43. The van der Waals surface area contributed by atoms with Crippen molar-refractivity contribution in [3.05, 3.63) is 0 Å². The van der Waals surface area contributed by atoms with Gasteiger partial charge in [-0.05, 0) is 97.7 Å². The zero-order valence-corrected chi connectivity index (χ0v) is 22.2. The first kappa shape index (κ1) is 27.3. The predicted octanol–water partition coefficient (Wildman–Crippen LogP) is 2.37. The van der Waals surface area contributed by atoms with Crippen LogP contribution in [0.15, 0.2) is 0 Å². The van der Waals surface area contributed by atoms with Crippen LogP contribution in [0.4, 0.5) is 0 Å². The Labute approximate surface area is 210 Å². The summed E-state index contributed by atoms with van der Waals surface area (Å²) in [5, 5.41) is 35.8. The van der Waals surface area contributed by atoms with Crippen LogP contribution >= 0.6 is 0 Å². The molecule has 4 saturated carbocycles. The summed E-state index contributed by atoms with van der Waals surface area (Å²) in [6.45, 7) is 6.56. The van der Waals surface area contributed by atoms with E-state index in [0.717, 1.165) is 38.5 Å². The molecule has 4 aliphatic rings. The van der Waals surface area contributed by atoms with E-state index in [2.05, 4.69) is 26.1 Å². The molecule has 0 bridgehead atoms. The fourth-order valence-electron chi connectivity index (χ4n) is 9.10. The van der Waals surface area contributed by atoms with Crippen LogP contribution in [-0.2, 0) is 14.9 Å². The topological polar surface area (TPSA) is 144 Å². The van der Waals surface area contributed by atoms with Crippen LogP contribution in [0.25, 0.3) is 0 Å². The zero-order valence-electron chi connectivity index (χ0n) is 21.4. The van der Waals surface area contributed by atoms with Crippen LogP contribution in [-0.4, -0.2) is 64.8 Å². The highest BCUT2D eigenvalue weighted by Gasteiger charge is 2.65. The Morgan fingerprint density at radius 2 is 1.77 bits per heavy atom. The Hall–Kier alpha value is -0.740. The zero-order chi connectivity index (χ0) is 25.8. The van der Waals surface area contributed by atoms with E-state index in [0.29, 0.717) is 18.8 Å². The molecular weight excluding hydrogens is 470 g/mol. The van der Waals surface area contributed by atoms with Crippen LogP contribution < -0.4 is 5.32 Å². The molecule has 4 aliphatic carbocycles. The molecule has 0 radical (unpaired) electrons. The summed E-state index contributed by atoms with van der Waals surface area (Å²) in [5.74, 6) is 0.705. The van der Waals surface area contributed by atoms with Gasteiger partial charge in [-0.1, -0.05) is 20.8 Å². The third kappa shape index (κ3) is 5.05. The average molecular weight is 516 g/mol. The molecule has 0 spiro atoms. The second-order valence-electron chi connectivity index (χ2n) is 12.7. The molecule has 8 nitrogen and oxygen atoms in total. The van der Waals surface area contributed by atoms with Gasteiger partial charge in [-0.25, -0.2) is 0 Å². The van der Waals surface area contributed by atoms with Crippen LogP contribution in [0.5, 0.6) is 0 Å². The van der Waals surface area contributed by atoms with Crippen molar-refractivity contribution >= 4 is 16.0 Å². The normalized spacial score (nSPS) is 46.3. The first-order valence-corrected chi connectivity index (χ1v) is 15.1. The van der Waals surface area contributed by atoms with Crippen molar-refractivity contribution in [1.29, 1.82) is 0 Å². The number of aliphatic hydroxyl groups excluding tert-OH is 3. The number of rotatable bonds is 7. The molecular formula is C26H45NO7S. The summed E-state index contributed by atoms with van der Waals surface area (Å²) in [5.41, 5.74) is -0.254. The molecule has 0 aromatic heterocycles. The molecule has 0 aromatic carbocycles. The molecule has 4 fully saturated rings. The van der Waals surface area contributed by atoms with Crippen LogP contribution in [0.3, 0.4) is 0 Å². The molecule has 0 heterocycles. The minimum absolute atomic E-state index is 0.0509. The van der Waals surface area contributed by atoms with Gasteiger partial charge >= 0.3 is 0 Å². The molecule has 4 rings (SSSR count). The van der Waals surface area contributed by atoms with Crippen LogP contribution in [0.1, 0.15) is 78.6 Å². The van der Waals surface area contributed by atoms with Crippen LogP contribution in [0, 0.1) is 46.3 Å². The lowest BCUT2D eigenvalue weighted by Crippen LogP contribution is -2.62. The maximum atomic E-state index is 12.2. The number of fused-ring (bicyclic) bond motifs is 5. The fraction of sp³-hybridized carbons (Fsp3) is 0.962. The summed E-state index contributed by atoms with van der Waals surface area (Å²) in [6, 6.07) is 0. The molecule has 202 valence electrons. The van der Waals surface area contributed by atoms with Gasteiger partial charge in [0.1, 0.15) is 0 Å². The van der Waals surface area contributed by atoms with Gasteiger partial charge in [-0.2, -0.15) is 8.42 Å². The van der Waals surface area contributed by atoms with Gasteiger partial charge in [0.25, 0.3) is 10.1 Å². The molecule has 0 saturated heterocycles. The van der Waals surface area contributed by atoms with Crippen molar-refractivity contribution in [1.82, 2.24) is 5.32 Å². The minimum atomic E-state index is -4.10. The summed E-state index contributed by atoms with van der Waals surface area (Å²) < 4.78 is 30.5. The first-order chi connectivity index (χ1) is 16.3. The smallest absolute Gasteiger partial charge is 0.266 e. The molecule has 4 unspecified atom stereocenters. The van der Waals surface area contributed by atoms with Gasteiger partial charge in [-0.15, -0.1) is 0 Å². The highest BCUT2D eigenvalue weighted by atomic mass is 32.2. The molecule has 9 heteroatoms. The second-order valence-corrected chi connectivity index (χ2v) is 14.2. The molecule has 1 amide bonds. The van der Waals surface area contributed by atoms with Crippen molar-refractivity contribution in [2.75, 3.05) is 12.3 Å². The van der Waals surface area contributed by atoms with Gasteiger partial charge in [0.15, 0.2) is 0 Å². The number of hydrogen-bond donors (Lipinski definition) is 5. The van der Waals surface area contributed by atoms with Crippen molar-refractivity contribution < 1.29 is 33.1 Å². The average Bonchev–Trinajstić information content (AvgIpc) is 3.12. The molecule has 11 atom stereocenters. The highest BCUT2D eigenvalue weighted by molar-refractivity contribution is 7.85. The van der Waals surface area contributed by atoms with E-state index < -0.39 is 28.1 Å². The van der Waals surface area contributed by atoms with E-state index in [-0.39, 0.29) is 65.4 Å². The molecule has 35 heavy (non-hydrogen) atoms. The monoisotopic (exact) mass is 515 g/mol. The van der Waals surface area contributed by atoms with E-state index in [1.54, 1.807) is 0 Å². The lowest BCUT2D eigenvalue weighted by Gasteiger charge is -2.63. The summed E-state index contributed by atoms with van der Waals surface area (Å²) in [6.07, 6.45) is 5.67. The maximum absolute atomic E-state index is 12.2. The molecule has 0 aromatic rings. The Morgan fingerprint density at radius 3 is 2.46 bits per heavy atom. The number of carbonyl (C=O) groups is 1. The van der Waals surface area contributed by atoms with Crippen molar-refractivity contribution in [2.24, 2.45) is 46.3 Å². The van der Waals surface area contributed by atoms with Gasteiger partial charge in [-0.3, -0.25) is 9.35 Å². The number of carbonyl (C=O) groups excluding carboxylic acids is 1. The third-order valence-corrected chi connectivity index (χ3v) is 11.7. The highest BCUT2D eigenvalue weighted by Crippen LogP contribution is 2.68. The van der Waals surface area contributed by atoms with Gasteiger partial charge < -0.3 is 20.6 Å². The third-order valence-electron chi connectivity index (χ3n) is 11.0. The largest absolute Gasteiger partial charge is 0.393 e. The van der Waals surface area contributed by atoms with Gasteiger partial charge in [0.2, 0.25) is 5.91 Å². The summed E-state index contributed by atoms with van der Waals surface area (Å²) in [4.78, 5) is 12.2. The number of amides is 1. The van der Waals surface area contributed by atoms with E-state index >= 15 is 0 Å². The Morgan fingerprint density at radius 1 is 1.06 bits per heavy atom. The summed E-state index contributed by atoms with van der Waals surface area (Å²) >= 11 is 0. The number of nitrogens with one attached hydrogen (secondary N) is 1. The number of aliphatic hydroxyl groups is 3. The molecule has 5 N–H and O–H groups in total. The van der Waals surface area contributed by atoms with Crippen molar-refractivity contribution in [2.45, 2.75) is 96.9 Å². The van der Waals surface area contributed by atoms with E-state index in [1.165, 1.54) is 0 Å². The standard InChI is InChI=1S/C26H45NO7S/c1-15(4-7-23(31)27-10-11-35(32,33)34)18-5-6-19-24-20(14-22(30)26(18,19)3)25(2)9-8-17(28)12-16(25)13-21(24)29/h15-22,24,28-30H,4-14H2,1-3H3,(H,27,31)(H,32,33,34)/t15-,16?,17-,18-,19+,20+,21-,22+,24?,25?,26?/m1/s1. The van der Waals surface area contributed by atoms with Crippen molar-refractivity contribution in [3.8, 4) is 0 Å². The Bertz CT molecular complexity index is 896. The quantitative estimate of drug-likeness (QED) is 0.327. The van der Waals surface area contributed by atoms with Crippen LogP contribution in [0.2, 0.25) is 0 Å². The number of hydrogen-bond acceptors (Lipinski definition) is 6. The SMILES string of the molecule is C[C@H](CCC(=O)NCCS(=O)(=O)O)[C@H]1CC[C@H]2C3[C@H](O)CC4C[C@H](O)CCC4(C)[C@H]3C[C@H](O)C12C. The fourth-order valence-corrected chi connectivity index (χ4v) is 9.46. The lowest BCUT2D eigenvalue weighted by molar-refractivity contribution is -0.207. The lowest BCUT2D eigenvalue weighted by atomic mass is 9.43. The molecule has 0 aliphatic heterocycles. The van der Waals surface area contributed by atoms with E-state index in [9.17, 15) is 28.5 Å².